The first-order valence-electron chi connectivity index (χ1n) is 23.8. The molecule has 0 spiro atoms. The van der Waals surface area contributed by atoms with Crippen LogP contribution >= 0.6 is 0 Å². The quantitative estimate of drug-likeness (QED) is 0.156. The predicted molar refractivity (Wildman–Crippen MR) is 289 cm³/mol. The maximum atomic E-state index is 2.49. The van der Waals surface area contributed by atoms with Gasteiger partial charge >= 0.3 is 0 Å². The van der Waals surface area contributed by atoms with E-state index in [-0.39, 0.29) is 10.8 Å². The molecule has 9 aromatic carbocycles. The summed E-state index contributed by atoms with van der Waals surface area (Å²) in [5.74, 6) is 0. The predicted octanol–water partition coefficient (Wildman–Crippen LogP) is 17.6. The average molecular weight is 879 g/mol. The third kappa shape index (κ3) is 6.82. The number of benzene rings is 9. The van der Waals surface area contributed by atoms with E-state index in [9.17, 15) is 0 Å². The van der Waals surface area contributed by atoms with Gasteiger partial charge in [0, 0.05) is 61.1 Å². The summed E-state index contributed by atoms with van der Waals surface area (Å²) in [7, 11) is 0. The van der Waals surface area contributed by atoms with Gasteiger partial charge < -0.3 is 18.6 Å². The van der Waals surface area contributed by atoms with Gasteiger partial charge in [0.15, 0.2) is 0 Å². The van der Waals surface area contributed by atoms with Gasteiger partial charge in [0.1, 0.15) is 0 Å². The van der Waals surface area contributed by atoms with E-state index in [0.717, 1.165) is 39.8 Å². The maximum Gasteiger partial charge on any atom is 0.0788 e. The second-order valence-corrected chi connectivity index (χ2v) is 20.3. The molecule has 330 valence electrons. The topological polar surface area (TPSA) is 18.0 Å². The Hall–Kier alpha value is -8.08. The molecule has 0 radical (unpaired) electrons. The Morgan fingerprint density at radius 2 is 0.853 bits per heavy atom. The molecule has 68 heavy (non-hydrogen) atoms. The largest absolute Gasteiger partial charge is 0.310 e. The zero-order valence-corrected chi connectivity index (χ0v) is 39.6. The standard InChI is InChI=1S/C64H54N4/c1-63(2,3)45-29-33-48(34-30-45)65(52-37-39-59-56(42-52)54-25-14-15-26-57(54)66(59)49-35-31-46(32-36-49)64(4,5)6)50-22-17-23-51(41-50)68-58-27-16-13-24-53(58)55-38-28-44-40-60(43-18-9-7-10-19-43)67(61(44)62(55)68)47-20-11-8-12-21-47/h7-42H,1-6H3. The Morgan fingerprint density at radius 1 is 0.324 bits per heavy atom. The summed E-state index contributed by atoms with van der Waals surface area (Å²) < 4.78 is 7.37. The van der Waals surface area contributed by atoms with Crippen LogP contribution in [0.3, 0.4) is 0 Å². The highest BCUT2D eigenvalue weighted by Gasteiger charge is 2.24. The molecule has 0 saturated carbocycles. The van der Waals surface area contributed by atoms with Crippen LogP contribution < -0.4 is 4.90 Å². The summed E-state index contributed by atoms with van der Waals surface area (Å²) in [6, 6.07) is 80.7. The molecule has 0 aliphatic rings. The summed E-state index contributed by atoms with van der Waals surface area (Å²) in [5.41, 5.74) is 17.6. The summed E-state index contributed by atoms with van der Waals surface area (Å²) in [6.45, 7) is 13.7. The molecule has 0 saturated heterocycles. The average Bonchev–Trinajstić information content (AvgIpc) is 4.03. The molecule has 0 amide bonds. The summed E-state index contributed by atoms with van der Waals surface area (Å²) in [4.78, 5) is 2.43. The number of anilines is 3. The molecule has 0 unspecified atom stereocenters. The van der Waals surface area contributed by atoms with Crippen molar-refractivity contribution in [2.75, 3.05) is 4.90 Å². The lowest BCUT2D eigenvalue weighted by molar-refractivity contribution is 0.590. The van der Waals surface area contributed by atoms with E-state index in [0.29, 0.717) is 0 Å². The molecule has 0 aliphatic heterocycles. The lowest BCUT2D eigenvalue weighted by Crippen LogP contribution is -2.13. The molecule has 12 rings (SSSR count). The highest BCUT2D eigenvalue weighted by atomic mass is 15.1. The van der Waals surface area contributed by atoms with Gasteiger partial charge in [-0.3, -0.25) is 0 Å². The van der Waals surface area contributed by atoms with Crippen LogP contribution in [0, 0.1) is 0 Å². The van der Waals surface area contributed by atoms with Crippen molar-refractivity contribution in [3.8, 4) is 28.3 Å². The zero-order valence-electron chi connectivity index (χ0n) is 39.6. The minimum Gasteiger partial charge on any atom is -0.310 e. The van der Waals surface area contributed by atoms with Crippen molar-refractivity contribution < 1.29 is 0 Å². The molecule has 3 heterocycles. The normalized spacial score (nSPS) is 12.3. The van der Waals surface area contributed by atoms with Crippen molar-refractivity contribution in [1.29, 1.82) is 0 Å². The zero-order chi connectivity index (χ0) is 46.3. The molecule has 4 heteroatoms. The molecular weight excluding hydrogens is 825 g/mol. The third-order valence-corrected chi connectivity index (χ3v) is 13.9. The van der Waals surface area contributed by atoms with Crippen LogP contribution in [0.1, 0.15) is 52.7 Å². The highest BCUT2D eigenvalue weighted by Crippen LogP contribution is 2.44. The van der Waals surface area contributed by atoms with Gasteiger partial charge in [-0.25, -0.2) is 0 Å². The lowest BCUT2D eigenvalue weighted by Gasteiger charge is -2.28. The highest BCUT2D eigenvalue weighted by molar-refractivity contribution is 6.19. The van der Waals surface area contributed by atoms with Gasteiger partial charge in [-0.1, -0.05) is 169 Å². The second kappa shape index (κ2) is 15.8. The Morgan fingerprint density at radius 3 is 1.53 bits per heavy atom. The van der Waals surface area contributed by atoms with Crippen molar-refractivity contribution in [3.63, 3.8) is 0 Å². The molecular formula is C64H54N4. The molecule has 3 aromatic heterocycles. The number of aromatic nitrogens is 3. The first kappa shape index (κ1) is 41.4. The van der Waals surface area contributed by atoms with Gasteiger partial charge in [0.05, 0.1) is 33.3 Å². The van der Waals surface area contributed by atoms with E-state index >= 15 is 0 Å². The van der Waals surface area contributed by atoms with Crippen molar-refractivity contribution in [3.05, 3.63) is 230 Å². The maximum absolute atomic E-state index is 2.49. The first-order valence-corrected chi connectivity index (χ1v) is 23.8. The van der Waals surface area contributed by atoms with Crippen LogP contribution in [0.4, 0.5) is 17.1 Å². The summed E-state index contributed by atoms with van der Waals surface area (Å²) in [5, 5.41) is 6.08. The van der Waals surface area contributed by atoms with Gasteiger partial charge in [-0.2, -0.15) is 0 Å². The Kier molecular flexibility index (Phi) is 9.60. The van der Waals surface area contributed by atoms with E-state index < -0.39 is 0 Å². The van der Waals surface area contributed by atoms with Crippen molar-refractivity contribution in [2.24, 2.45) is 0 Å². The van der Waals surface area contributed by atoms with Crippen LogP contribution in [0.15, 0.2) is 218 Å². The van der Waals surface area contributed by atoms with E-state index in [2.05, 4.69) is 279 Å². The van der Waals surface area contributed by atoms with E-state index in [1.54, 1.807) is 0 Å². The van der Waals surface area contributed by atoms with Crippen LogP contribution in [-0.4, -0.2) is 13.7 Å². The Bertz CT molecular complexity index is 3830. The number of rotatable bonds is 7. The van der Waals surface area contributed by atoms with E-state index in [4.69, 9.17) is 0 Å². The SMILES string of the molecule is CC(C)(C)c1ccc(N(c2cccc(-n3c4ccccc4c4ccc5cc(-c6ccccc6)n(-c6ccccc6)c5c43)c2)c2ccc3c(c2)c2ccccc2n3-c2ccc(C(C)(C)C)cc2)cc1. The third-order valence-electron chi connectivity index (χ3n) is 13.9. The second-order valence-electron chi connectivity index (χ2n) is 20.3. The number of fused-ring (bicyclic) bond motifs is 8. The smallest absolute Gasteiger partial charge is 0.0788 e. The Balaban J connectivity index is 1.09. The minimum atomic E-state index is 0.0226. The summed E-state index contributed by atoms with van der Waals surface area (Å²) >= 11 is 0. The molecule has 12 aromatic rings. The van der Waals surface area contributed by atoms with Crippen molar-refractivity contribution in [2.45, 2.75) is 52.4 Å². The molecule has 0 fully saturated rings. The molecule has 0 bridgehead atoms. The van der Waals surface area contributed by atoms with Crippen LogP contribution in [-0.2, 0) is 10.8 Å². The van der Waals surface area contributed by atoms with Gasteiger partial charge in [0.2, 0.25) is 0 Å². The number of hydrogen-bond donors (Lipinski definition) is 0. The number of nitrogens with zero attached hydrogens (tertiary/aromatic N) is 4. The monoisotopic (exact) mass is 878 g/mol. The van der Waals surface area contributed by atoms with E-state index in [1.165, 1.54) is 71.2 Å². The van der Waals surface area contributed by atoms with Gasteiger partial charge in [0.25, 0.3) is 0 Å². The summed E-state index contributed by atoms with van der Waals surface area (Å²) in [6.07, 6.45) is 0. The number of hydrogen-bond acceptors (Lipinski definition) is 1. The first-order chi connectivity index (χ1) is 33.0. The molecule has 0 N–H and O–H groups in total. The van der Waals surface area contributed by atoms with Gasteiger partial charge in [-0.15, -0.1) is 0 Å². The molecule has 4 nitrogen and oxygen atoms in total. The van der Waals surface area contributed by atoms with E-state index in [1.807, 2.05) is 0 Å². The van der Waals surface area contributed by atoms with Crippen LogP contribution in [0.2, 0.25) is 0 Å². The fourth-order valence-corrected chi connectivity index (χ4v) is 10.5. The fraction of sp³-hybridized carbons (Fsp3) is 0.125. The minimum absolute atomic E-state index is 0.0226. The number of para-hydroxylation sites is 3. The molecule has 0 aliphatic carbocycles. The lowest BCUT2D eigenvalue weighted by atomic mass is 9.87. The van der Waals surface area contributed by atoms with Crippen LogP contribution in [0.25, 0.3) is 82.8 Å². The Labute approximate surface area is 398 Å². The fourth-order valence-electron chi connectivity index (χ4n) is 10.5. The van der Waals surface area contributed by atoms with Crippen LogP contribution in [0.5, 0.6) is 0 Å². The molecule has 0 atom stereocenters. The van der Waals surface area contributed by atoms with Crippen molar-refractivity contribution in [1.82, 2.24) is 13.7 Å². The van der Waals surface area contributed by atoms with Crippen molar-refractivity contribution >= 4 is 71.6 Å². The van der Waals surface area contributed by atoms with Gasteiger partial charge in [-0.05, 0) is 119 Å².